The third-order valence-corrected chi connectivity index (χ3v) is 4.94. The quantitative estimate of drug-likeness (QED) is 0.810. The van der Waals surface area contributed by atoms with E-state index >= 15 is 0 Å². The molecule has 2 aliphatic rings. The molecular formula is C18H24N2O4. The fourth-order valence-corrected chi connectivity index (χ4v) is 3.60. The molecule has 0 bridgehead atoms. The van der Waals surface area contributed by atoms with Gasteiger partial charge in [0.2, 0.25) is 11.8 Å². The molecule has 1 aromatic rings. The molecule has 130 valence electrons. The van der Waals surface area contributed by atoms with E-state index in [4.69, 9.17) is 9.47 Å². The Balaban J connectivity index is 1.59. The van der Waals surface area contributed by atoms with Crippen molar-refractivity contribution in [3.8, 4) is 5.75 Å². The first-order valence-corrected chi connectivity index (χ1v) is 8.34. The molecule has 2 amide bonds. The van der Waals surface area contributed by atoms with Crippen molar-refractivity contribution in [1.82, 2.24) is 9.80 Å². The number of nitrogens with zero attached hydrogens (tertiary/aromatic N) is 2. The van der Waals surface area contributed by atoms with Crippen LogP contribution in [0.1, 0.15) is 18.4 Å². The van der Waals surface area contributed by atoms with Crippen molar-refractivity contribution in [3.63, 3.8) is 0 Å². The molecule has 24 heavy (non-hydrogen) atoms. The first kappa shape index (κ1) is 16.8. The highest BCUT2D eigenvalue weighted by Crippen LogP contribution is 2.25. The van der Waals surface area contributed by atoms with Crippen LogP contribution in [0, 0.1) is 0 Å². The minimum atomic E-state index is 0.0229. The number of amides is 2. The van der Waals surface area contributed by atoms with Crippen LogP contribution in [0.5, 0.6) is 5.75 Å². The summed E-state index contributed by atoms with van der Waals surface area (Å²) >= 11 is 0. The zero-order chi connectivity index (χ0) is 17.1. The van der Waals surface area contributed by atoms with Crippen molar-refractivity contribution < 1.29 is 19.1 Å². The average molecular weight is 332 g/mol. The zero-order valence-corrected chi connectivity index (χ0v) is 14.2. The summed E-state index contributed by atoms with van der Waals surface area (Å²) in [5.74, 6) is 0.844. The van der Waals surface area contributed by atoms with Crippen LogP contribution >= 0.6 is 0 Å². The van der Waals surface area contributed by atoms with Crippen molar-refractivity contribution in [2.75, 3.05) is 33.9 Å². The van der Waals surface area contributed by atoms with E-state index in [0.717, 1.165) is 17.7 Å². The van der Waals surface area contributed by atoms with E-state index in [-0.39, 0.29) is 30.5 Å². The molecule has 1 aromatic carbocycles. The predicted octanol–water partition coefficient (Wildman–Crippen LogP) is 1.09. The lowest BCUT2D eigenvalue weighted by atomic mass is 10.1. The third-order valence-electron chi connectivity index (χ3n) is 4.94. The Morgan fingerprint density at radius 1 is 1.25 bits per heavy atom. The van der Waals surface area contributed by atoms with Gasteiger partial charge in [0.25, 0.3) is 0 Å². The summed E-state index contributed by atoms with van der Waals surface area (Å²) < 4.78 is 10.7. The summed E-state index contributed by atoms with van der Waals surface area (Å²) in [4.78, 5) is 28.4. The molecule has 2 saturated heterocycles. The predicted molar refractivity (Wildman–Crippen MR) is 88.8 cm³/mol. The number of hydrogen-bond acceptors (Lipinski definition) is 4. The molecule has 2 fully saturated rings. The second kappa shape index (κ2) is 7.21. The molecule has 0 N–H and O–H groups in total. The maximum Gasteiger partial charge on any atom is 0.242 e. The normalized spacial score (nSPS) is 23.3. The van der Waals surface area contributed by atoms with Gasteiger partial charge in [0.05, 0.1) is 25.8 Å². The second-order valence-corrected chi connectivity index (χ2v) is 6.38. The van der Waals surface area contributed by atoms with Gasteiger partial charge < -0.3 is 19.3 Å². The Bertz CT molecular complexity index is 619. The van der Waals surface area contributed by atoms with Crippen LogP contribution in [0.2, 0.25) is 0 Å². The third kappa shape index (κ3) is 3.38. The number of ether oxygens (including phenoxy) is 2. The summed E-state index contributed by atoms with van der Waals surface area (Å²) in [5.41, 5.74) is 1.01. The van der Waals surface area contributed by atoms with Gasteiger partial charge in [-0.25, -0.2) is 0 Å². The van der Waals surface area contributed by atoms with Gasteiger partial charge in [0, 0.05) is 26.6 Å². The Morgan fingerprint density at radius 2 is 2.04 bits per heavy atom. The number of benzene rings is 1. The number of rotatable bonds is 5. The van der Waals surface area contributed by atoms with Gasteiger partial charge in [-0.2, -0.15) is 0 Å². The highest BCUT2D eigenvalue weighted by Gasteiger charge is 2.41. The maximum absolute atomic E-state index is 12.5. The first-order valence-electron chi connectivity index (χ1n) is 8.34. The van der Waals surface area contributed by atoms with Gasteiger partial charge in [0.15, 0.2) is 0 Å². The minimum Gasteiger partial charge on any atom is -0.496 e. The molecule has 2 aliphatic heterocycles. The molecule has 2 heterocycles. The summed E-state index contributed by atoms with van der Waals surface area (Å²) in [5, 5.41) is 0. The molecule has 0 aliphatic carbocycles. The molecule has 2 atom stereocenters. The van der Waals surface area contributed by atoms with Crippen LogP contribution < -0.4 is 4.74 Å². The lowest BCUT2D eigenvalue weighted by Crippen LogP contribution is -2.55. The van der Waals surface area contributed by atoms with Gasteiger partial charge in [-0.05, 0) is 24.5 Å². The van der Waals surface area contributed by atoms with Crippen LogP contribution in [0.3, 0.4) is 0 Å². The van der Waals surface area contributed by atoms with Gasteiger partial charge in [-0.3, -0.25) is 9.59 Å². The van der Waals surface area contributed by atoms with Crippen molar-refractivity contribution in [2.24, 2.45) is 0 Å². The number of aryl methyl sites for hydroxylation is 1. The lowest BCUT2D eigenvalue weighted by Gasteiger charge is -2.36. The number of piperazine rings is 1. The zero-order valence-electron chi connectivity index (χ0n) is 14.2. The van der Waals surface area contributed by atoms with E-state index in [2.05, 4.69) is 0 Å². The smallest absolute Gasteiger partial charge is 0.242 e. The number of para-hydroxylation sites is 1. The number of fused-ring (bicyclic) bond motifs is 1. The van der Waals surface area contributed by atoms with E-state index < -0.39 is 0 Å². The van der Waals surface area contributed by atoms with E-state index in [1.54, 1.807) is 19.1 Å². The monoisotopic (exact) mass is 332 g/mol. The summed E-state index contributed by atoms with van der Waals surface area (Å²) in [7, 11) is 3.30. The first-order chi connectivity index (χ1) is 11.6. The van der Waals surface area contributed by atoms with Crippen molar-refractivity contribution in [3.05, 3.63) is 29.8 Å². The summed E-state index contributed by atoms with van der Waals surface area (Å²) in [6.45, 7) is 1.43. The van der Waals surface area contributed by atoms with E-state index in [1.807, 2.05) is 29.2 Å². The number of carbonyl (C=O) groups excluding carboxylic acids is 2. The lowest BCUT2D eigenvalue weighted by molar-refractivity contribution is -0.147. The van der Waals surface area contributed by atoms with Crippen molar-refractivity contribution in [1.29, 1.82) is 0 Å². The number of methoxy groups -OCH3 is 2. The van der Waals surface area contributed by atoms with E-state index in [1.165, 1.54) is 0 Å². The molecule has 0 spiro atoms. The largest absolute Gasteiger partial charge is 0.496 e. The van der Waals surface area contributed by atoms with Crippen LogP contribution in [-0.2, 0) is 20.7 Å². The van der Waals surface area contributed by atoms with Crippen LogP contribution in [0.15, 0.2) is 24.3 Å². The highest BCUT2D eigenvalue weighted by atomic mass is 16.5. The standard InChI is InChI=1S/C18H24N2O4/c1-23-15-9-14-10-19(12-18(22)20(14)11-15)17(21)8-7-13-5-3-4-6-16(13)24-2/h3-6,14-15H,7-12H2,1-2H3/t14-,15-/m0/s1. The number of hydrogen-bond donors (Lipinski definition) is 0. The summed E-state index contributed by atoms with van der Waals surface area (Å²) in [6.07, 6.45) is 1.89. The molecule has 0 unspecified atom stereocenters. The minimum absolute atomic E-state index is 0.0229. The van der Waals surface area contributed by atoms with E-state index in [9.17, 15) is 9.59 Å². The van der Waals surface area contributed by atoms with Crippen LogP contribution in [0.4, 0.5) is 0 Å². The molecule has 0 radical (unpaired) electrons. The Labute approximate surface area is 142 Å². The molecule has 0 saturated carbocycles. The molecule has 6 heteroatoms. The number of carbonyl (C=O) groups is 2. The SMILES string of the molecule is COc1ccccc1CCC(=O)N1CC(=O)N2C[C@@H](OC)C[C@H]2C1. The van der Waals surface area contributed by atoms with Crippen LogP contribution in [-0.4, -0.2) is 67.6 Å². The van der Waals surface area contributed by atoms with Gasteiger partial charge in [-0.1, -0.05) is 18.2 Å². The average Bonchev–Trinajstić information content (AvgIpc) is 3.03. The topological polar surface area (TPSA) is 59.1 Å². The van der Waals surface area contributed by atoms with Crippen molar-refractivity contribution in [2.45, 2.75) is 31.4 Å². The highest BCUT2D eigenvalue weighted by molar-refractivity contribution is 5.86. The molecule has 3 rings (SSSR count). The fourth-order valence-electron chi connectivity index (χ4n) is 3.60. The molecular weight excluding hydrogens is 308 g/mol. The van der Waals surface area contributed by atoms with Crippen molar-refractivity contribution >= 4 is 11.8 Å². The maximum atomic E-state index is 12.5. The Morgan fingerprint density at radius 3 is 2.79 bits per heavy atom. The Kier molecular flexibility index (Phi) is 5.04. The van der Waals surface area contributed by atoms with Crippen LogP contribution in [0.25, 0.3) is 0 Å². The fraction of sp³-hybridized carbons (Fsp3) is 0.556. The van der Waals surface area contributed by atoms with Gasteiger partial charge in [-0.15, -0.1) is 0 Å². The molecule has 6 nitrogen and oxygen atoms in total. The van der Waals surface area contributed by atoms with Gasteiger partial charge in [0.1, 0.15) is 5.75 Å². The Hall–Kier alpha value is -2.08. The molecule has 0 aromatic heterocycles. The van der Waals surface area contributed by atoms with Gasteiger partial charge >= 0.3 is 0 Å². The summed E-state index contributed by atoms with van der Waals surface area (Å²) in [6, 6.07) is 7.80. The second-order valence-electron chi connectivity index (χ2n) is 6.38. The van der Waals surface area contributed by atoms with E-state index in [0.29, 0.717) is 25.9 Å².